The Morgan fingerprint density at radius 2 is 2.28 bits per heavy atom. The maximum Gasteiger partial charge on any atom is 0.269 e. The molecule has 18 heavy (non-hydrogen) atoms. The van der Waals surface area contributed by atoms with Gasteiger partial charge in [-0.2, -0.15) is 0 Å². The van der Waals surface area contributed by atoms with Crippen molar-refractivity contribution >= 4 is 41.5 Å². The van der Waals surface area contributed by atoms with Crippen LogP contribution >= 0.6 is 35.6 Å². The molecular formula is C11H16Cl3N3O. The summed E-state index contributed by atoms with van der Waals surface area (Å²) in [7, 11) is 0. The fourth-order valence-electron chi connectivity index (χ4n) is 1.94. The molecule has 102 valence electrons. The SMILES string of the molecule is Cc1cc(Cl)c(C(=O)NC2CCNCC2Cl)[nH]1.Cl. The monoisotopic (exact) mass is 311 g/mol. The number of hydrogen-bond donors (Lipinski definition) is 3. The zero-order valence-corrected chi connectivity index (χ0v) is 12.3. The summed E-state index contributed by atoms with van der Waals surface area (Å²) < 4.78 is 0. The van der Waals surface area contributed by atoms with Crippen LogP contribution in [0.1, 0.15) is 22.6 Å². The summed E-state index contributed by atoms with van der Waals surface area (Å²) in [5.74, 6) is -0.194. The maximum absolute atomic E-state index is 12.0. The minimum Gasteiger partial charge on any atom is -0.353 e. The first-order valence-electron chi connectivity index (χ1n) is 5.58. The van der Waals surface area contributed by atoms with Crippen LogP contribution in [0.25, 0.3) is 0 Å². The van der Waals surface area contributed by atoms with Gasteiger partial charge >= 0.3 is 0 Å². The van der Waals surface area contributed by atoms with Crippen molar-refractivity contribution in [3.05, 3.63) is 22.5 Å². The van der Waals surface area contributed by atoms with E-state index in [1.165, 1.54) is 0 Å². The van der Waals surface area contributed by atoms with Gasteiger partial charge in [0.2, 0.25) is 0 Å². The molecule has 1 saturated heterocycles. The molecule has 0 radical (unpaired) electrons. The number of carbonyl (C=O) groups is 1. The highest BCUT2D eigenvalue weighted by Gasteiger charge is 2.25. The van der Waals surface area contributed by atoms with Crippen molar-refractivity contribution in [3.63, 3.8) is 0 Å². The van der Waals surface area contributed by atoms with E-state index >= 15 is 0 Å². The Hall–Kier alpha value is -0.420. The Bertz CT molecular complexity index is 422. The van der Waals surface area contributed by atoms with E-state index in [0.717, 1.165) is 18.7 Å². The van der Waals surface area contributed by atoms with Gasteiger partial charge in [0.1, 0.15) is 5.69 Å². The fraction of sp³-hybridized carbons (Fsp3) is 0.545. The van der Waals surface area contributed by atoms with Gasteiger partial charge in [0.05, 0.1) is 10.4 Å². The molecule has 0 aromatic carbocycles. The number of carbonyl (C=O) groups excluding carboxylic acids is 1. The van der Waals surface area contributed by atoms with E-state index in [4.69, 9.17) is 23.2 Å². The first kappa shape index (κ1) is 15.6. The number of aromatic nitrogens is 1. The number of alkyl halides is 1. The number of aromatic amines is 1. The van der Waals surface area contributed by atoms with Crippen molar-refractivity contribution in [2.75, 3.05) is 13.1 Å². The third-order valence-electron chi connectivity index (χ3n) is 2.86. The summed E-state index contributed by atoms with van der Waals surface area (Å²) in [4.78, 5) is 14.9. The molecule has 4 nitrogen and oxygen atoms in total. The molecule has 0 bridgehead atoms. The number of amides is 1. The summed E-state index contributed by atoms with van der Waals surface area (Å²) >= 11 is 12.1. The number of rotatable bonds is 2. The van der Waals surface area contributed by atoms with Gasteiger partial charge in [-0.05, 0) is 26.0 Å². The molecule has 3 N–H and O–H groups in total. The number of hydrogen-bond acceptors (Lipinski definition) is 2. The Morgan fingerprint density at radius 1 is 1.56 bits per heavy atom. The number of nitrogens with one attached hydrogen (secondary N) is 3. The topological polar surface area (TPSA) is 56.9 Å². The molecule has 1 aliphatic rings. The fourth-order valence-corrected chi connectivity index (χ4v) is 2.54. The summed E-state index contributed by atoms with van der Waals surface area (Å²) in [6.45, 7) is 3.44. The molecule has 1 fully saturated rings. The van der Waals surface area contributed by atoms with Gasteiger partial charge in [0.15, 0.2) is 0 Å². The van der Waals surface area contributed by atoms with Crippen molar-refractivity contribution in [2.24, 2.45) is 0 Å². The Labute approximate surface area is 122 Å². The molecule has 0 aliphatic carbocycles. The summed E-state index contributed by atoms with van der Waals surface area (Å²) in [6, 6.07) is 1.72. The molecule has 2 atom stereocenters. The molecule has 1 amide bonds. The zero-order valence-electron chi connectivity index (χ0n) is 9.93. The maximum atomic E-state index is 12.0. The minimum atomic E-state index is -0.194. The average Bonchev–Trinajstić information content (AvgIpc) is 2.61. The smallest absolute Gasteiger partial charge is 0.269 e. The molecule has 7 heteroatoms. The second-order valence-electron chi connectivity index (χ2n) is 4.26. The predicted octanol–water partition coefficient (Wildman–Crippen LogP) is 2.10. The normalized spacial score (nSPS) is 23.3. The summed E-state index contributed by atoms with van der Waals surface area (Å²) in [6.07, 6.45) is 0.831. The van der Waals surface area contributed by atoms with E-state index in [0.29, 0.717) is 17.3 Å². The van der Waals surface area contributed by atoms with Crippen molar-refractivity contribution in [1.29, 1.82) is 0 Å². The van der Waals surface area contributed by atoms with Gasteiger partial charge in [0.25, 0.3) is 5.91 Å². The standard InChI is InChI=1S/C11H15Cl2N3O.ClH/c1-6-4-7(12)10(15-6)11(17)16-9-2-3-14-5-8(9)13;/h4,8-9,14-15H,2-3,5H2,1H3,(H,16,17);1H. The summed E-state index contributed by atoms with van der Waals surface area (Å²) in [5, 5.41) is 6.45. The number of aryl methyl sites for hydroxylation is 1. The number of piperidine rings is 1. The van der Waals surface area contributed by atoms with Crippen LogP contribution in [-0.4, -0.2) is 35.4 Å². The molecule has 2 rings (SSSR count). The van der Waals surface area contributed by atoms with Crippen molar-refractivity contribution < 1.29 is 4.79 Å². The molecule has 0 saturated carbocycles. The number of H-pyrrole nitrogens is 1. The lowest BCUT2D eigenvalue weighted by Gasteiger charge is -2.28. The van der Waals surface area contributed by atoms with Crippen molar-refractivity contribution in [2.45, 2.75) is 24.8 Å². The third kappa shape index (κ3) is 3.54. The number of halogens is 3. The molecular weight excluding hydrogens is 296 g/mol. The van der Waals surface area contributed by atoms with Crippen LogP contribution in [0.2, 0.25) is 5.02 Å². The molecule has 1 aromatic rings. The second kappa shape index (κ2) is 6.66. The van der Waals surface area contributed by atoms with Crippen LogP contribution in [0.5, 0.6) is 0 Å². The quantitative estimate of drug-likeness (QED) is 0.733. The third-order valence-corrected chi connectivity index (χ3v) is 3.61. The van der Waals surface area contributed by atoms with Gasteiger partial charge in [0, 0.05) is 18.3 Å². The average molecular weight is 313 g/mol. The highest BCUT2D eigenvalue weighted by atomic mass is 35.5. The van der Waals surface area contributed by atoms with Gasteiger partial charge in [-0.25, -0.2) is 0 Å². The van der Waals surface area contributed by atoms with E-state index in [2.05, 4.69) is 15.6 Å². The lowest BCUT2D eigenvalue weighted by molar-refractivity contribution is 0.0926. The molecule has 1 aromatic heterocycles. The predicted molar refractivity (Wildman–Crippen MR) is 76.2 cm³/mol. The highest BCUT2D eigenvalue weighted by molar-refractivity contribution is 6.33. The van der Waals surface area contributed by atoms with Gasteiger partial charge in [-0.3, -0.25) is 4.79 Å². The second-order valence-corrected chi connectivity index (χ2v) is 5.23. The van der Waals surface area contributed by atoms with Crippen LogP contribution in [0.3, 0.4) is 0 Å². The van der Waals surface area contributed by atoms with E-state index in [-0.39, 0.29) is 29.7 Å². The highest BCUT2D eigenvalue weighted by Crippen LogP contribution is 2.18. The van der Waals surface area contributed by atoms with Crippen LogP contribution in [0.4, 0.5) is 0 Å². The van der Waals surface area contributed by atoms with Crippen LogP contribution in [-0.2, 0) is 0 Å². The van der Waals surface area contributed by atoms with Crippen molar-refractivity contribution in [1.82, 2.24) is 15.6 Å². The molecule has 2 heterocycles. The van der Waals surface area contributed by atoms with Crippen LogP contribution in [0.15, 0.2) is 6.07 Å². The lowest BCUT2D eigenvalue weighted by Crippen LogP contribution is -2.50. The van der Waals surface area contributed by atoms with Crippen molar-refractivity contribution in [3.8, 4) is 0 Å². The first-order valence-corrected chi connectivity index (χ1v) is 6.40. The van der Waals surface area contributed by atoms with Crippen LogP contribution in [0, 0.1) is 6.92 Å². The first-order chi connectivity index (χ1) is 8.08. The minimum absolute atomic E-state index is 0. The van der Waals surface area contributed by atoms with Gasteiger partial charge in [-0.15, -0.1) is 24.0 Å². The lowest BCUT2D eigenvalue weighted by atomic mass is 10.1. The largest absolute Gasteiger partial charge is 0.353 e. The van der Waals surface area contributed by atoms with E-state index in [9.17, 15) is 4.79 Å². The summed E-state index contributed by atoms with van der Waals surface area (Å²) in [5.41, 5.74) is 1.28. The Morgan fingerprint density at radius 3 is 2.83 bits per heavy atom. The molecule has 1 aliphatic heterocycles. The molecule has 2 unspecified atom stereocenters. The Balaban J connectivity index is 0.00000162. The zero-order chi connectivity index (χ0) is 12.4. The van der Waals surface area contributed by atoms with Gasteiger partial charge < -0.3 is 15.6 Å². The van der Waals surface area contributed by atoms with E-state index in [1.807, 2.05) is 6.92 Å². The van der Waals surface area contributed by atoms with E-state index in [1.54, 1.807) is 6.07 Å². The Kier molecular flexibility index (Phi) is 5.79. The molecule has 0 spiro atoms. The van der Waals surface area contributed by atoms with Gasteiger partial charge in [-0.1, -0.05) is 11.6 Å². The van der Waals surface area contributed by atoms with E-state index < -0.39 is 0 Å². The van der Waals surface area contributed by atoms with Crippen LogP contribution < -0.4 is 10.6 Å².